The van der Waals surface area contributed by atoms with Crippen LogP contribution in [0.1, 0.15) is 42.6 Å². The van der Waals surface area contributed by atoms with Crippen LogP contribution in [0.3, 0.4) is 0 Å². The van der Waals surface area contributed by atoms with Crippen molar-refractivity contribution in [1.82, 2.24) is 25.3 Å². The molecule has 1 unspecified atom stereocenters. The van der Waals surface area contributed by atoms with E-state index in [-0.39, 0.29) is 17.9 Å². The molecule has 1 N–H and O–H groups in total. The molecule has 2 aliphatic heterocycles. The van der Waals surface area contributed by atoms with Gasteiger partial charge in [-0.1, -0.05) is 12.8 Å². The van der Waals surface area contributed by atoms with E-state index in [0.29, 0.717) is 25.3 Å². The minimum Gasteiger partial charge on any atom is -0.352 e. The van der Waals surface area contributed by atoms with Crippen molar-refractivity contribution in [2.24, 2.45) is 5.92 Å². The van der Waals surface area contributed by atoms with Crippen LogP contribution in [0.15, 0.2) is 12.1 Å². The molecule has 2 saturated heterocycles. The number of piperazine rings is 1. The number of amides is 2. The predicted octanol–water partition coefficient (Wildman–Crippen LogP) is 0.749. The van der Waals surface area contributed by atoms with E-state index < -0.39 is 0 Å². The highest BCUT2D eigenvalue weighted by atomic mass is 16.2. The van der Waals surface area contributed by atoms with Crippen molar-refractivity contribution >= 4 is 17.6 Å². The average Bonchev–Trinajstić information content (AvgIpc) is 3.46. The van der Waals surface area contributed by atoms with E-state index in [9.17, 15) is 9.59 Å². The summed E-state index contributed by atoms with van der Waals surface area (Å²) in [6.45, 7) is 4.60. The van der Waals surface area contributed by atoms with Crippen LogP contribution in [-0.4, -0.2) is 84.2 Å². The molecule has 1 saturated carbocycles. The highest BCUT2D eigenvalue weighted by Gasteiger charge is 2.33. The highest BCUT2D eigenvalue weighted by Crippen LogP contribution is 2.31. The molecule has 152 valence electrons. The molecule has 0 radical (unpaired) electrons. The summed E-state index contributed by atoms with van der Waals surface area (Å²) in [4.78, 5) is 31.1. The third-order valence-corrected chi connectivity index (χ3v) is 6.14. The van der Waals surface area contributed by atoms with Crippen molar-refractivity contribution in [3.8, 4) is 0 Å². The van der Waals surface area contributed by atoms with Crippen molar-refractivity contribution in [2.75, 3.05) is 51.2 Å². The Labute approximate surface area is 166 Å². The fourth-order valence-electron chi connectivity index (χ4n) is 4.09. The molecule has 4 rings (SSSR count). The Morgan fingerprint density at radius 3 is 2.46 bits per heavy atom. The van der Waals surface area contributed by atoms with Gasteiger partial charge in [0.1, 0.15) is 0 Å². The van der Waals surface area contributed by atoms with Gasteiger partial charge in [-0.05, 0) is 50.9 Å². The molecule has 3 heterocycles. The van der Waals surface area contributed by atoms with Crippen molar-refractivity contribution in [1.29, 1.82) is 0 Å². The lowest BCUT2D eigenvalue weighted by molar-refractivity contribution is -0.135. The van der Waals surface area contributed by atoms with Gasteiger partial charge in [0.25, 0.3) is 5.91 Å². The van der Waals surface area contributed by atoms with Gasteiger partial charge in [0.05, 0.1) is 6.04 Å². The number of nitrogens with zero attached hydrogens (tertiary/aromatic N) is 5. The third kappa shape index (κ3) is 4.43. The van der Waals surface area contributed by atoms with E-state index in [1.165, 1.54) is 12.8 Å². The number of carbonyl (C=O) groups excluding carboxylic acids is 2. The standard InChI is InChI=1S/C20H30N6O2/c1-24-10-2-3-17(24)20(28)26-13-11-25(12-14-26)18-7-6-16(22-23-18)19(27)21-9-8-15-4-5-15/h6-7,15,17H,2-5,8-14H2,1H3,(H,21,27). The largest absolute Gasteiger partial charge is 0.352 e. The van der Waals surface area contributed by atoms with Crippen LogP contribution < -0.4 is 10.2 Å². The summed E-state index contributed by atoms with van der Waals surface area (Å²) in [5.74, 6) is 1.66. The molecule has 3 fully saturated rings. The quantitative estimate of drug-likeness (QED) is 0.777. The fourth-order valence-corrected chi connectivity index (χ4v) is 4.09. The second-order valence-corrected chi connectivity index (χ2v) is 8.22. The van der Waals surface area contributed by atoms with Gasteiger partial charge in [0.15, 0.2) is 11.5 Å². The number of likely N-dealkylation sites (N-methyl/N-ethyl adjacent to an activating group) is 1. The number of carbonyl (C=O) groups is 2. The Kier molecular flexibility index (Phi) is 5.75. The lowest BCUT2D eigenvalue weighted by atomic mass is 10.1. The Hall–Kier alpha value is -2.22. The lowest BCUT2D eigenvalue weighted by Crippen LogP contribution is -2.53. The molecule has 8 heteroatoms. The number of nitrogens with one attached hydrogen (secondary N) is 1. The molecular weight excluding hydrogens is 356 g/mol. The predicted molar refractivity (Wildman–Crippen MR) is 106 cm³/mol. The van der Waals surface area contributed by atoms with Crippen LogP contribution in [-0.2, 0) is 4.79 Å². The molecule has 1 aromatic rings. The summed E-state index contributed by atoms with van der Waals surface area (Å²) in [5.41, 5.74) is 0.359. The van der Waals surface area contributed by atoms with Gasteiger partial charge in [-0.2, -0.15) is 0 Å². The first kappa shape index (κ1) is 19.1. The zero-order chi connectivity index (χ0) is 19.5. The molecule has 2 amide bonds. The van der Waals surface area contributed by atoms with Crippen LogP contribution in [0.25, 0.3) is 0 Å². The molecule has 0 aromatic carbocycles. The van der Waals surface area contributed by atoms with Gasteiger partial charge < -0.3 is 15.1 Å². The Balaban J connectivity index is 1.26. The summed E-state index contributed by atoms with van der Waals surface area (Å²) in [6.07, 6.45) is 5.70. The Morgan fingerprint density at radius 2 is 1.86 bits per heavy atom. The molecule has 0 bridgehead atoms. The first-order valence-corrected chi connectivity index (χ1v) is 10.5. The Morgan fingerprint density at radius 1 is 1.07 bits per heavy atom. The van der Waals surface area contributed by atoms with E-state index in [1.54, 1.807) is 6.07 Å². The van der Waals surface area contributed by atoms with E-state index in [2.05, 4.69) is 25.3 Å². The molecular formula is C20H30N6O2. The minimum absolute atomic E-state index is 0.0454. The number of rotatable bonds is 6. The summed E-state index contributed by atoms with van der Waals surface area (Å²) in [6, 6.07) is 3.63. The van der Waals surface area contributed by atoms with Crippen molar-refractivity contribution in [3.05, 3.63) is 17.8 Å². The smallest absolute Gasteiger partial charge is 0.271 e. The minimum atomic E-state index is -0.157. The van der Waals surface area contributed by atoms with Crippen LogP contribution in [0, 0.1) is 5.92 Å². The summed E-state index contributed by atoms with van der Waals surface area (Å²) < 4.78 is 0. The second kappa shape index (κ2) is 8.43. The van der Waals surface area contributed by atoms with Crippen LogP contribution in [0.5, 0.6) is 0 Å². The summed E-state index contributed by atoms with van der Waals surface area (Å²) >= 11 is 0. The molecule has 0 spiro atoms. The Bertz CT molecular complexity index is 697. The average molecular weight is 387 g/mol. The lowest BCUT2D eigenvalue weighted by Gasteiger charge is -2.37. The number of likely N-dealkylation sites (tertiary alicyclic amines) is 1. The first-order chi connectivity index (χ1) is 13.6. The number of hydrogen-bond acceptors (Lipinski definition) is 6. The van der Waals surface area contributed by atoms with Crippen LogP contribution in [0.2, 0.25) is 0 Å². The SMILES string of the molecule is CN1CCCC1C(=O)N1CCN(c2ccc(C(=O)NCCC3CC3)nn2)CC1. The van der Waals surface area contributed by atoms with Gasteiger partial charge in [-0.25, -0.2) is 0 Å². The number of anilines is 1. The molecule has 8 nitrogen and oxygen atoms in total. The van der Waals surface area contributed by atoms with Crippen LogP contribution >= 0.6 is 0 Å². The van der Waals surface area contributed by atoms with E-state index in [4.69, 9.17) is 0 Å². The fraction of sp³-hybridized carbons (Fsp3) is 0.700. The maximum atomic E-state index is 12.7. The zero-order valence-electron chi connectivity index (χ0n) is 16.6. The first-order valence-electron chi connectivity index (χ1n) is 10.5. The molecule has 3 aliphatic rings. The number of aromatic nitrogens is 2. The number of hydrogen-bond donors (Lipinski definition) is 1. The van der Waals surface area contributed by atoms with Gasteiger partial charge in [0, 0.05) is 32.7 Å². The van der Waals surface area contributed by atoms with Gasteiger partial charge in [-0.15, -0.1) is 10.2 Å². The van der Waals surface area contributed by atoms with E-state index in [1.807, 2.05) is 18.0 Å². The van der Waals surface area contributed by atoms with E-state index in [0.717, 1.165) is 50.6 Å². The van der Waals surface area contributed by atoms with Crippen molar-refractivity contribution in [2.45, 2.75) is 38.1 Å². The van der Waals surface area contributed by atoms with Gasteiger partial charge in [-0.3, -0.25) is 14.5 Å². The molecule has 1 aliphatic carbocycles. The van der Waals surface area contributed by atoms with Crippen LogP contribution in [0.4, 0.5) is 5.82 Å². The molecule has 1 aromatic heterocycles. The topological polar surface area (TPSA) is 81.7 Å². The van der Waals surface area contributed by atoms with Gasteiger partial charge >= 0.3 is 0 Å². The maximum absolute atomic E-state index is 12.7. The molecule has 28 heavy (non-hydrogen) atoms. The van der Waals surface area contributed by atoms with Gasteiger partial charge in [0.2, 0.25) is 5.91 Å². The third-order valence-electron chi connectivity index (χ3n) is 6.14. The van der Waals surface area contributed by atoms with Crippen molar-refractivity contribution < 1.29 is 9.59 Å². The monoisotopic (exact) mass is 386 g/mol. The normalized spacial score (nSPS) is 23.1. The van der Waals surface area contributed by atoms with E-state index >= 15 is 0 Å². The second-order valence-electron chi connectivity index (χ2n) is 8.22. The maximum Gasteiger partial charge on any atom is 0.271 e. The highest BCUT2D eigenvalue weighted by molar-refractivity contribution is 5.92. The summed E-state index contributed by atoms with van der Waals surface area (Å²) in [5, 5.41) is 11.3. The summed E-state index contributed by atoms with van der Waals surface area (Å²) in [7, 11) is 2.03. The zero-order valence-corrected chi connectivity index (χ0v) is 16.6. The molecule has 1 atom stereocenters. The van der Waals surface area contributed by atoms with Crippen molar-refractivity contribution in [3.63, 3.8) is 0 Å².